The van der Waals surface area contributed by atoms with Crippen molar-refractivity contribution in [3.8, 4) is 0 Å². The van der Waals surface area contributed by atoms with Crippen LogP contribution in [-0.2, 0) is 11.2 Å². The predicted molar refractivity (Wildman–Crippen MR) is 87.2 cm³/mol. The molecule has 0 fully saturated rings. The predicted octanol–water partition coefficient (Wildman–Crippen LogP) is 3.96. The molecule has 2 N–H and O–H groups in total. The molecule has 2 aromatic rings. The summed E-state index contributed by atoms with van der Waals surface area (Å²) in [5.41, 5.74) is 5.93. The summed E-state index contributed by atoms with van der Waals surface area (Å²) in [7, 11) is 0. The van der Waals surface area contributed by atoms with Crippen LogP contribution in [0.1, 0.15) is 23.6 Å². The molecule has 106 valence electrons. The zero-order valence-electron chi connectivity index (χ0n) is 12.2. The van der Waals surface area contributed by atoms with Gasteiger partial charge in [0.15, 0.2) is 0 Å². The maximum absolute atomic E-state index is 12.1. The lowest BCUT2D eigenvalue weighted by atomic mass is 10.0. The minimum absolute atomic E-state index is 0.0584. The molecule has 1 amide bonds. The van der Waals surface area contributed by atoms with Crippen molar-refractivity contribution in [1.29, 1.82) is 0 Å². The lowest BCUT2D eigenvalue weighted by Gasteiger charge is -2.05. The van der Waals surface area contributed by atoms with Crippen molar-refractivity contribution in [2.24, 2.45) is 0 Å². The number of hydrogen-bond acceptors (Lipinski definition) is 2. The molecule has 0 atom stereocenters. The highest BCUT2D eigenvalue weighted by Gasteiger charge is 2.25. The van der Waals surface area contributed by atoms with Gasteiger partial charge in [-0.2, -0.15) is 0 Å². The molecule has 0 saturated heterocycles. The van der Waals surface area contributed by atoms with Gasteiger partial charge in [-0.3, -0.25) is 4.79 Å². The Hall–Kier alpha value is -2.55. The minimum atomic E-state index is -0.0584. The van der Waals surface area contributed by atoms with Crippen LogP contribution in [0.3, 0.4) is 0 Å². The Bertz CT molecular complexity index is 714. The number of nitrogens with one attached hydrogen (secondary N) is 2. The van der Waals surface area contributed by atoms with E-state index in [0.717, 1.165) is 28.9 Å². The average molecular weight is 278 g/mol. The van der Waals surface area contributed by atoms with Crippen LogP contribution in [0.5, 0.6) is 0 Å². The van der Waals surface area contributed by atoms with E-state index in [0.29, 0.717) is 5.57 Å². The van der Waals surface area contributed by atoms with Crippen molar-refractivity contribution >= 4 is 22.9 Å². The fraction of sp³-hybridized carbons (Fsp3) is 0.167. The van der Waals surface area contributed by atoms with E-state index >= 15 is 0 Å². The molecule has 2 aromatic carbocycles. The van der Waals surface area contributed by atoms with Crippen molar-refractivity contribution in [3.05, 3.63) is 65.4 Å². The van der Waals surface area contributed by atoms with E-state index in [1.54, 1.807) is 6.20 Å². The summed E-state index contributed by atoms with van der Waals surface area (Å²) < 4.78 is 0. The number of rotatable bonds is 3. The summed E-state index contributed by atoms with van der Waals surface area (Å²) in [5.74, 6) is -0.0584. The molecule has 21 heavy (non-hydrogen) atoms. The molecule has 0 saturated carbocycles. The van der Waals surface area contributed by atoms with Gasteiger partial charge in [0.25, 0.3) is 5.91 Å². The van der Waals surface area contributed by atoms with Gasteiger partial charge in [-0.25, -0.2) is 0 Å². The number of aryl methyl sites for hydroxylation is 2. The van der Waals surface area contributed by atoms with E-state index in [-0.39, 0.29) is 5.91 Å². The third-order valence-electron chi connectivity index (χ3n) is 3.78. The molecule has 0 spiro atoms. The Kier molecular flexibility index (Phi) is 3.48. The number of amides is 1. The Morgan fingerprint density at radius 2 is 1.90 bits per heavy atom. The van der Waals surface area contributed by atoms with Crippen molar-refractivity contribution in [3.63, 3.8) is 0 Å². The first kappa shape index (κ1) is 13.4. The molecular formula is C18H18N2O. The topological polar surface area (TPSA) is 41.1 Å². The summed E-state index contributed by atoms with van der Waals surface area (Å²) in [4.78, 5) is 12.1. The van der Waals surface area contributed by atoms with Crippen LogP contribution in [0.2, 0.25) is 0 Å². The van der Waals surface area contributed by atoms with E-state index < -0.39 is 0 Å². The minimum Gasteiger partial charge on any atom is -0.361 e. The smallest absolute Gasteiger partial charge is 0.257 e. The van der Waals surface area contributed by atoms with Crippen LogP contribution >= 0.6 is 0 Å². The normalized spacial score (nSPS) is 15.0. The fourth-order valence-corrected chi connectivity index (χ4v) is 2.56. The second kappa shape index (κ2) is 5.44. The molecule has 0 bridgehead atoms. The van der Waals surface area contributed by atoms with Crippen LogP contribution in [0.15, 0.2) is 48.7 Å². The first-order valence-corrected chi connectivity index (χ1v) is 7.16. The quantitative estimate of drug-likeness (QED) is 0.834. The SMILES string of the molecule is CCc1ccc(NC=C2C(=O)Nc3cccc(C)c32)cc1. The van der Waals surface area contributed by atoms with Gasteiger partial charge in [0.05, 0.1) is 5.57 Å². The molecule has 0 radical (unpaired) electrons. The van der Waals surface area contributed by atoms with Crippen molar-refractivity contribution in [2.75, 3.05) is 10.6 Å². The summed E-state index contributed by atoms with van der Waals surface area (Å²) in [6.07, 6.45) is 2.81. The first-order chi connectivity index (χ1) is 10.2. The molecule has 1 aliphatic heterocycles. The molecule has 0 aliphatic carbocycles. The third-order valence-corrected chi connectivity index (χ3v) is 3.78. The summed E-state index contributed by atoms with van der Waals surface area (Å²) in [6.45, 7) is 4.15. The monoisotopic (exact) mass is 278 g/mol. The third kappa shape index (κ3) is 2.55. The van der Waals surface area contributed by atoms with E-state index in [4.69, 9.17) is 0 Å². The van der Waals surface area contributed by atoms with Gasteiger partial charge in [-0.15, -0.1) is 0 Å². The Balaban J connectivity index is 1.88. The summed E-state index contributed by atoms with van der Waals surface area (Å²) >= 11 is 0. The molecule has 0 unspecified atom stereocenters. The van der Waals surface area contributed by atoms with Crippen LogP contribution in [-0.4, -0.2) is 5.91 Å². The van der Waals surface area contributed by atoms with Gasteiger partial charge < -0.3 is 10.6 Å². The number of carbonyl (C=O) groups is 1. The zero-order valence-corrected chi connectivity index (χ0v) is 12.2. The second-order valence-corrected chi connectivity index (χ2v) is 5.20. The lowest BCUT2D eigenvalue weighted by molar-refractivity contribution is -0.110. The summed E-state index contributed by atoms with van der Waals surface area (Å²) in [6, 6.07) is 14.1. The van der Waals surface area contributed by atoms with E-state index in [9.17, 15) is 4.79 Å². The van der Waals surface area contributed by atoms with Gasteiger partial charge in [0.2, 0.25) is 0 Å². The number of hydrogen-bond donors (Lipinski definition) is 2. The van der Waals surface area contributed by atoms with Crippen molar-refractivity contribution in [1.82, 2.24) is 0 Å². The number of benzene rings is 2. The second-order valence-electron chi connectivity index (χ2n) is 5.20. The maximum atomic E-state index is 12.1. The fourth-order valence-electron chi connectivity index (χ4n) is 2.56. The van der Waals surface area contributed by atoms with Crippen LogP contribution < -0.4 is 10.6 Å². The van der Waals surface area contributed by atoms with E-state index in [1.807, 2.05) is 37.3 Å². The molecule has 1 aliphatic rings. The highest BCUT2D eigenvalue weighted by molar-refractivity contribution is 6.32. The van der Waals surface area contributed by atoms with Gasteiger partial charge in [0.1, 0.15) is 0 Å². The largest absolute Gasteiger partial charge is 0.361 e. The number of anilines is 2. The van der Waals surface area contributed by atoms with Gasteiger partial charge in [-0.05, 0) is 42.7 Å². The van der Waals surface area contributed by atoms with Crippen LogP contribution in [0, 0.1) is 6.92 Å². The Labute approximate surface area is 124 Å². The standard InChI is InChI=1S/C18H18N2O/c1-3-13-7-9-14(10-8-13)19-11-15-17-12(2)5-4-6-16(17)20-18(15)21/h4-11,19H,3H2,1-2H3,(H,20,21). The Morgan fingerprint density at radius 3 is 2.62 bits per heavy atom. The first-order valence-electron chi connectivity index (χ1n) is 7.16. The van der Waals surface area contributed by atoms with Crippen LogP contribution in [0.4, 0.5) is 11.4 Å². The zero-order chi connectivity index (χ0) is 14.8. The van der Waals surface area contributed by atoms with E-state index in [2.05, 4.69) is 29.7 Å². The average Bonchev–Trinajstić information content (AvgIpc) is 2.82. The van der Waals surface area contributed by atoms with E-state index in [1.165, 1.54) is 5.56 Å². The number of carbonyl (C=O) groups excluding carboxylic acids is 1. The van der Waals surface area contributed by atoms with Crippen molar-refractivity contribution in [2.45, 2.75) is 20.3 Å². The molecule has 3 heteroatoms. The van der Waals surface area contributed by atoms with Crippen LogP contribution in [0.25, 0.3) is 5.57 Å². The van der Waals surface area contributed by atoms with Crippen molar-refractivity contribution < 1.29 is 4.79 Å². The number of fused-ring (bicyclic) bond motifs is 1. The lowest BCUT2D eigenvalue weighted by Crippen LogP contribution is -2.05. The van der Waals surface area contributed by atoms with Gasteiger partial charge >= 0.3 is 0 Å². The Morgan fingerprint density at radius 1 is 1.14 bits per heavy atom. The highest BCUT2D eigenvalue weighted by Crippen LogP contribution is 2.34. The molecular weight excluding hydrogens is 260 g/mol. The summed E-state index contributed by atoms with van der Waals surface area (Å²) in [5, 5.41) is 6.11. The van der Waals surface area contributed by atoms with Gasteiger partial charge in [-0.1, -0.05) is 31.2 Å². The molecule has 3 rings (SSSR count). The molecule has 1 heterocycles. The molecule has 0 aromatic heterocycles. The highest BCUT2D eigenvalue weighted by atomic mass is 16.2. The molecule has 3 nitrogen and oxygen atoms in total. The maximum Gasteiger partial charge on any atom is 0.257 e. The van der Waals surface area contributed by atoms with Gasteiger partial charge in [0, 0.05) is 23.1 Å².